The molecule has 7 nitrogen and oxygen atoms in total. The van der Waals surface area contributed by atoms with Crippen LogP contribution in [-0.4, -0.2) is 70.8 Å². The number of nitrogens with zero attached hydrogens (tertiary/aromatic N) is 4. The first-order valence-corrected chi connectivity index (χ1v) is 16.1. The van der Waals surface area contributed by atoms with Crippen LogP contribution in [0.25, 0.3) is 0 Å². The lowest BCUT2D eigenvalue weighted by Crippen LogP contribution is -2.47. The fourth-order valence-electron chi connectivity index (χ4n) is 7.20. The van der Waals surface area contributed by atoms with Gasteiger partial charge in [-0.1, -0.05) is 33.6 Å². The highest BCUT2D eigenvalue weighted by Crippen LogP contribution is 2.36. The van der Waals surface area contributed by atoms with E-state index in [1.165, 1.54) is 57.2 Å². The van der Waals surface area contributed by atoms with Crippen molar-refractivity contribution in [1.29, 1.82) is 0 Å². The topological polar surface area (TPSA) is 81.6 Å². The number of aliphatic hydroxyl groups excluding tert-OH is 1. The number of hydrogen-bond donors (Lipinski definition) is 2. The Morgan fingerprint density at radius 1 is 0.923 bits per heavy atom. The van der Waals surface area contributed by atoms with E-state index in [1.807, 2.05) is 0 Å². The number of hydrogen-bond acceptors (Lipinski definition) is 6. The maximum absolute atomic E-state index is 12.7. The van der Waals surface area contributed by atoms with Gasteiger partial charge in [-0.2, -0.15) is 0 Å². The second-order valence-corrected chi connectivity index (χ2v) is 14.1. The van der Waals surface area contributed by atoms with Crippen molar-refractivity contribution in [2.75, 3.05) is 37.6 Å². The molecule has 1 aromatic rings. The summed E-state index contributed by atoms with van der Waals surface area (Å²) in [5.41, 5.74) is 1.24. The van der Waals surface area contributed by atoms with Crippen molar-refractivity contribution < 1.29 is 9.90 Å². The van der Waals surface area contributed by atoms with E-state index in [1.54, 1.807) is 0 Å². The number of aromatic nitrogens is 2. The molecule has 39 heavy (non-hydrogen) atoms. The van der Waals surface area contributed by atoms with Crippen LogP contribution < -0.4 is 10.2 Å². The van der Waals surface area contributed by atoms with E-state index < -0.39 is 0 Å². The molecule has 0 bridgehead atoms. The molecule has 0 spiro atoms. The van der Waals surface area contributed by atoms with Gasteiger partial charge in [0, 0.05) is 61.2 Å². The average Bonchev–Trinajstić information content (AvgIpc) is 3.48. The Kier molecular flexibility index (Phi) is 9.48. The van der Waals surface area contributed by atoms with Crippen LogP contribution in [0.1, 0.15) is 122 Å². The normalized spacial score (nSPS) is 29.5. The SMILES string of the molecule is CC(C)(C)c1nc(C2CCCC2)cc(N2CCN(CC[C@H]3CC[C@@H](NC(=O)[C@H]4CC[C@H](O)CC4)CC3)CC2)n1. The highest BCUT2D eigenvalue weighted by molar-refractivity contribution is 5.79. The number of carbonyl (C=O) groups is 1. The average molecular weight is 540 g/mol. The van der Waals surface area contributed by atoms with E-state index in [2.05, 4.69) is 42.0 Å². The largest absolute Gasteiger partial charge is 0.393 e. The number of carbonyl (C=O) groups excluding carboxylic acids is 1. The van der Waals surface area contributed by atoms with E-state index in [-0.39, 0.29) is 23.3 Å². The van der Waals surface area contributed by atoms with Crippen LogP contribution >= 0.6 is 0 Å². The van der Waals surface area contributed by atoms with Crippen molar-refractivity contribution in [1.82, 2.24) is 20.2 Å². The third-order valence-corrected chi connectivity index (χ3v) is 9.99. The minimum atomic E-state index is -0.199. The third-order valence-electron chi connectivity index (χ3n) is 9.99. The molecule has 0 unspecified atom stereocenters. The molecule has 3 aliphatic carbocycles. The van der Waals surface area contributed by atoms with Gasteiger partial charge in [-0.25, -0.2) is 9.97 Å². The molecule has 3 saturated carbocycles. The first kappa shape index (κ1) is 28.8. The van der Waals surface area contributed by atoms with Crippen molar-refractivity contribution in [3.05, 3.63) is 17.6 Å². The van der Waals surface area contributed by atoms with Crippen molar-refractivity contribution in [2.24, 2.45) is 11.8 Å². The summed E-state index contributed by atoms with van der Waals surface area (Å²) in [7, 11) is 0. The van der Waals surface area contributed by atoms with E-state index in [0.29, 0.717) is 12.0 Å². The van der Waals surface area contributed by atoms with Gasteiger partial charge in [0.25, 0.3) is 0 Å². The van der Waals surface area contributed by atoms with Gasteiger partial charge in [0.1, 0.15) is 11.6 Å². The Labute approximate surface area is 236 Å². The Hall–Kier alpha value is -1.73. The van der Waals surface area contributed by atoms with Crippen LogP contribution in [-0.2, 0) is 10.2 Å². The van der Waals surface area contributed by atoms with Crippen molar-refractivity contribution in [3.8, 4) is 0 Å². The number of anilines is 1. The summed E-state index contributed by atoms with van der Waals surface area (Å²) in [6.07, 6.45) is 14.2. The summed E-state index contributed by atoms with van der Waals surface area (Å²) in [4.78, 5) is 27.9. The summed E-state index contributed by atoms with van der Waals surface area (Å²) in [5.74, 6) is 3.87. The Balaban J connectivity index is 1.05. The maximum Gasteiger partial charge on any atom is 0.223 e. The lowest BCUT2D eigenvalue weighted by molar-refractivity contribution is -0.127. The van der Waals surface area contributed by atoms with Crippen molar-refractivity contribution in [3.63, 3.8) is 0 Å². The van der Waals surface area contributed by atoms with Crippen LogP contribution in [0.3, 0.4) is 0 Å². The van der Waals surface area contributed by atoms with E-state index in [4.69, 9.17) is 9.97 Å². The van der Waals surface area contributed by atoms with Crippen LogP contribution in [0.2, 0.25) is 0 Å². The Morgan fingerprint density at radius 2 is 1.59 bits per heavy atom. The number of piperazine rings is 1. The molecule has 2 N–H and O–H groups in total. The van der Waals surface area contributed by atoms with Crippen molar-refractivity contribution >= 4 is 11.7 Å². The number of rotatable bonds is 7. The second kappa shape index (κ2) is 12.8. The van der Waals surface area contributed by atoms with Crippen LogP contribution in [0.5, 0.6) is 0 Å². The predicted octanol–water partition coefficient (Wildman–Crippen LogP) is 5.17. The Morgan fingerprint density at radius 3 is 2.23 bits per heavy atom. The standard InChI is InChI=1S/C32H53N5O2/c1-32(2,3)31-34-28(24-6-4-5-7-24)22-29(35-31)37-20-18-36(19-21-37)17-16-23-8-12-26(13-9-23)33-30(39)25-10-14-27(38)15-11-25/h22-27,38H,4-21H2,1-3H3,(H,33,39)/t23-,25-,26+,27-. The molecule has 1 saturated heterocycles. The fraction of sp³-hybridized carbons (Fsp3) is 0.844. The smallest absolute Gasteiger partial charge is 0.223 e. The summed E-state index contributed by atoms with van der Waals surface area (Å²) in [6.45, 7) is 12.2. The number of nitrogens with one attached hydrogen (secondary N) is 1. The molecule has 5 rings (SSSR count). The zero-order chi connectivity index (χ0) is 27.4. The zero-order valence-electron chi connectivity index (χ0n) is 24.8. The lowest BCUT2D eigenvalue weighted by atomic mass is 9.83. The van der Waals surface area contributed by atoms with E-state index >= 15 is 0 Å². The van der Waals surface area contributed by atoms with Gasteiger partial charge in [-0.15, -0.1) is 0 Å². The minimum Gasteiger partial charge on any atom is -0.393 e. The summed E-state index contributed by atoms with van der Waals surface area (Å²) in [5, 5.41) is 13.0. The Bertz CT molecular complexity index is 932. The quantitative estimate of drug-likeness (QED) is 0.498. The zero-order valence-corrected chi connectivity index (χ0v) is 24.8. The van der Waals surface area contributed by atoms with E-state index in [9.17, 15) is 9.90 Å². The second-order valence-electron chi connectivity index (χ2n) is 14.1. The summed E-state index contributed by atoms with van der Waals surface area (Å²) >= 11 is 0. The lowest BCUT2D eigenvalue weighted by Gasteiger charge is -2.37. The fourth-order valence-corrected chi connectivity index (χ4v) is 7.20. The van der Waals surface area contributed by atoms with Crippen LogP contribution in [0, 0.1) is 11.8 Å². The molecule has 1 amide bonds. The molecule has 2 heterocycles. The molecule has 4 aliphatic rings. The molecule has 4 fully saturated rings. The van der Waals surface area contributed by atoms with Gasteiger partial charge >= 0.3 is 0 Å². The van der Waals surface area contributed by atoms with Crippen LogP contribution in [0.4, 0.5) is 5.82 Å². The minimum absolute atomic E-state index is 0.0353. The van der Waals surface area contributed by atoms with E-state index in [0.717, 1.165) is 82.3 Å². The summed E-state index contributed by atoms with van der Waals surface area (Å²) in [6, 6.07) is 2.65. The molecule has 1 aromatic heterocycles. The van der Waals surface area contributed by atoms with Gasteiger partial charge in [0.15, 0.2) is 0 Å². The molecule has 0 radical (unpaired) electrons. The highest BCUT2D eigenvalue weighted by Gasteiger charge is 2.30. The molecule has 0 atom stereocenters. The van der Waals surface area contributed by atoms with Crippen LogP contribution in [0.15, 0.2) is 6.07 Å². The number of amides is 1. The molecule has 1 aliphatic heterocycles. The molecule has 0 aromatic carbocycles. The molecular formula is C32H53N5O2. The number of aliphatic hydroxyl groups is 1. The van der Waals surface area contributed by atoms with Gasteiger partial charge < -0.3 is 15.3 Å². The predicted molar refractivity (Wildman–Crippen MR) is 157 cm³/mol. The van der Waals surface area contributed by atoms with Gasteiger partial charge in [0.05, 0.1) is 6.10 Å². The molecule has 218 valence electrons. The van der Waals surface area contributed by atoms with Crippen molar-refractivity contribution in [2.45, 2.75) is 128 Å². The molecular weight excluding hydrogens is 486 g/mol. The summed E-state index contributed by atoms with van der Waals surface area (Å²) < 4.78 is 0. The molecule has 7 heteroatoms. The maximum atomic E-state index is 12.7. The third kappa shape index (κ3) is 7.72. The first-order valence-electron chi connectivity index (χ1n) is 16.1. The van der Waals surface area contributed by atoms with Gasteiger partial charge in [-0.05, 0) is 83.1 Å². The first-order chi connectivity index (χ1) is 18.7. The monoisotopic (exact) mass is 539 g/mol. The van der Waals surface area contributed by atoms with Gasteiger partial charge in [-0.3, -0.25) is 9.69 Å². The highest BCUT2D eigenvalue weighted by atomic mass is 16.3. The van der Waals surface area contributed by atoms with Gasteiger partial charge in [0.2, 0.25) is 5.91 Å².